The summed E-state index contributed by atoms with van der Waals surface area (Å²) >= 11 is 1.46. The number of aliphatic hydroxyl groups is 1. The molecule has 1 saturated carbocycles. The maximum absolute atomic E-state index is 9.26. The molecule has 0 saturated heterocycles. The van der Waals surface area contributed by atoms with E-state index < -0.39 is 0 Å². The second-order valence-electron chi connectivity index (χ2n) is 2.71. The predicted octanol–water partition coefficient (Wildman–Crippen LogP) is 1.38. The van der Waals surface area contributed by atoms with Crippen LogP contribution in [0.1, 0.15) is 24.3 Å². The second kappa shape index (κ2) is 2.32. The van der Waals surface area contributed by atoms with Gasteiger partial charge in [-0.3, -0.25) is 0 Å². The average Bonchev–Trinajstić information content (AvgIpc) is 2.37. The summed E-state index contributed by atoms with van der Waals surface area (Å²) < 4.78 is 3.99. The fourth-order valence-corrected chi connectivity index (χ4v) is 1.87. The first kappa shape index (κ1) is 6.31. The lowest BCUT2D eigenvalue weighted by Crippen LogP contribution is -2.28. The molecule has 2 unspecified atom stereocenters. The van der Waals surface area contributed by atoms with Crippen molar-refractivity contribution in [3.63, 3.8) is 0 Å². The Morgan fingerprint density at radius 1 is 1.60 bits per heavy atom. The number of aliphatic hydroxyl groups excluding tert-OH is 1. The third kappa shape index (κ3) is 0.859. The highest BCUT2D eigenvalue weighted by Crippen LogP contribution is 2.36. The summed E-state index contributed by atoms with van der Waals surface area (Å²) in [5, 5.41) is 11.3. The number of rotatable bonds is 1. The van der Waals surface area contributed by atoms with Crippen molar-refractivity contribution in [2.24, 2.45) is 0 Å². The van der Waals surface area contributed by atoms with E-state index in [1.165, 1.54) is 17.1 Å². The van der Waals surface area contributed by atoms with Crippen molar-refractivity contribution in [1.29, 1.82) is 0 Å². The Morgan fingerprint density at radius 3 is 2.90 bits per heavy atom. The van der Waals surface area contributed by atoms with Gasteiger partial charge < -0.3 is 5.11 Å². The van der Waals surface area contributed by atoms with Crippen LogP contribution in [0, 0.1) is 0 Å². The van der Waals surface area contributed by atoms with Crippen molar-refractivity contribution in [2.75, 3.05) is 0 Å². The summed E-state index contributed by atoms with van der Waals surface area (Å²) in [5.74, 6) is 0.388. The van der Waals surface area contributed by atoms with Crippen LogP contribution in [0.25, 0.3) is 0 Å². The molecule has 1 aromatic heterocycles. The molecule has 1 aromatic rings. The SMILES string of the molecule is OC1CCC1c1cnsc1. The number of aromatic nitrogens is 1. The highest BCUT2D eigenvalue weighted by molar-refractivity contribution is 7.03. The molecule has 0 aliphatic heterocycles. The number of nitrogens with zero attached hydrogens (tertiary/aromatic N) is 1. The minimum atomic E-state index is -0.101. The highest BCUT2D eigenvalue weighted by Gasteiger charge is 2.30. The molecule has 0 bridgehead atoms. The topological polar surface area (TPSA) is 33.1 Å². The fourth-order valence-electron chi connectivity index (χ4n) is 1.27. The number of hydrogen-bond acceptors (Lipinski definition) is 3. The van der Waals surface area contributed by atoms with E-state index >= 15 is 0 Å². The van der Waals surface area contributed by atoms with E-state index in [4.69, 9.17) is 0 Å². The monoisotopic (exact) mass is 155 g/mol. The van der Waals surface area contributed by atoms with Crippen molar-refractivity contribution >= 4 is 11.5 Å². The lowest BCUT2D eigenvalue weighted by Gasteiger charge is -2.31. The van der Waals surface area contributed by atoms with E-state index in [2.05, 4.69) is 4.37 Å². The highest BCUT2D eigenvalue weighted by atomic mass is 32.1. The predicted molar refractivity (Wildman–Crippen MR) is 40.1 cm³/mol. The van der Waals surface area contributed by atoms with E-state index in [-0.39, 0.29) is 6.10 Å². The Hall–Kier alpha value is -0.410. The van der Waals surface area contributed by atoms with E-state index in [9.17, 15) is 5.11 Å². The van der Waals surface area contributed by atoms with E-state index in [1.807, 2.05) is 11.6 Å². The molecule has 0 radical (unpaired) electrons. The second-order valence-corrected chi connectivity index (χ2v) is 3.37. The quantitative estimate of drug-likeness (QED) is 0.664. The molecule has 0 aromatic carbocycles. The number of hydrogen-bond donors (Lipinski definition) is 1. The van der Waals surface area contributed by atoms with Gasteiger partial charge >= 0.3 is 0 Å². The van der Waals surface area contributed by atoms with Gasteiger partial charge in [0.25, 0.3) is 0 Å². The summed E-state index contributed by atoms with van der Waals surface area (Å²) in [6.07, 6.45) is 3.84. The molecule has 1 fully saturated rings. The van der Waals surface area contributed by atoms with Crippen molar-refractivity contribution in [1.82, 2.24) is 4.37 Å². The van der Waals surface area contributed by atoms with Crippen LogP contribution in [-0.4, -0.2) is 15.6 Å². The van der Waals surface area contributed by atoms with Crippen LogP contribution in [0.4, 0.5) is 0 Å². The average molecular weight is 155 g/mol. The van der Waals surface area contributed by atoms with Gasteiger partial charge in [-0.1, -0.05) is 0 Å². The molecule has 0 spiro atoms. The van der Waals surface area contributed by atoms with Crippen LogP contribution >= 0.6 is 11.5 Å². The zero-order chi connectivity index (χ0) is 6.97. The standard InChI is InChI=1S/C7H9NOS/c9-7-2-1-6(7)5-3-8-10-4-5/h3-4,6-7,9H,1-2H2. The van der Waals surface area contributed by atoms with Crippen LogP contribution in [0.3, 0.4) is 0 Å². The molecule has 2 rings (SSSR count). The zero-order valence-electron chi connectivity index (χ0n) is 5.53. The van der Waals surface area contributed by atoms with Gasteiger partial charge in [0.1, 0.15) is 0 Å². The third-order valence-electron chi connectivity index (χ3n) is 2.12. The van der Waals surface area contributed by atoms with E-state index in [0.29, 0.717) is 5.92 Å². The van der Waals surface area contributed by atoms with Gasteiger partial charge in [-0.25, -0.2) is 4.37 Å². The minimum Gasteiger partial charge on any atom is -0.392 e. The lowest BCUT2D eigenvalue weighted by atomic mass is 9.78. The maximum Gasteiger partial charge on any atom is 0.0609 e. The summed E-state index contributed by atoms with van der Waals surface area (Å²) in [7, 11) is 0. The molecule has 1 aliphatic rings. The summed E-state index contributed by atoms with van der Waals surface area (Å²) in [6.45, 7) is 0. The molecule has 54 valence electrons. The molecular weight excluding hydrogens is 146 g/mol. The van der Waals surface area contributed by atoms with Gasteiger partial charge in [0.05, 0.1) is 6.10 Å². The van der Waals surface area contributed by atoms with Gasteiger partial charge in [0, 0.05) is 17.5 Å². The van der Waals surface area contributed by atoms with Crippen LogP contribution in [0.2, 0.25) is 0 Å². The minimum absolute atomic E-state index is 0.101. The van der Waals surface area contributed by atoms with Crippen LogP contribution < -0.4 is 0 Å². The fraction of sp³-hybridized carbons (Fsp3) is 0.571. The van der Waals surface area contributed by atoms with Crippen molar-refractivity contribution in [3.05, 3.63) is 17.1 Å². The van der Waals surface area contributed by atoms with Crippen molar-refractivity contribution in [3.8, 4) is 0 Å². The summed E-state index contributed by atoms with van der Waals surface area (Å²) in [6, 6.07) is 0. The molecule has 0 amide bonds. The summed E-state index contributed by atoms with van der Waals surface area (Å²) in [4.78, 5) is 0. The van der Waals surface area contributed by atoms with Gasteiger partial charge in [0.2, 0.25) is 0 Å². The maximum atomic E-state index is 9.26. The van der Waals surface area contributed by atoms with Crippen molar-refractivity contribution < 1.29 is 5.11 Å². The molecule has 1 heterocycles. The normalized spacial score (nSPS) is 31.7. The smallest absolute Gasteiger partial charge is 0.0609 e. The van der Waals surface area contributed by atoms with Gasteiger partial charge in [-0.2, -0.15) is 0 Å². The Labute approximate surface area is 63.7 Å². The van der Waals surface area contributed by atoms with Gasteiger partial charge in [-0.05, 0) is 29.9 Å². The third-order valence-corrected chi connectivity index (χ3v) is 2.72. The largest absolute Gasteiger partial charge is 0.392 e. The lowest BCUT2D eigenvalue weighted by molar-refractivity contribution is 0.0662. The van der Waals surface area contributed by atoms with E-state index in [1.54, 1.807) is 0 Å². The van der Waals surface area contributed by atoms with Gasteiger partial charge in [0.15, 0.2) is 0 Å². The van der Waals surface area contributed by atoms with Crippen LogP contribution in [-0.2, 0) is 0 Å². The molecule has 1 aliphatic carbocycles. The first-order valence-corrected chi connectivity index (χ1v) is 4.29. The van der Waals surface area contributed by atoms with Crippen LogP contribution in [0.5, 0.6) is 0 Å². The Morgan fingerprint density at radius 2 is 2.50 bits per heavy atom. The molecule has 3 heteroatoms. The molecule has 2 nitrogen and oxygen atoms in total. The summed E-state index contributed by atoms with van der Waals surface area (Å²) in [5.41, 5.74) is 1.21. The first-order chi connectivity index (χ1) is 4.88. The molecule has 10 heavy (non-hydrogen) atoms. The molecule has 1 N–H and O–H groups in total. The van der Waals surface area contributed by atoms with E-state index in [0.717, 1.165) is 12.8 Å². The first-order valence-electron chi connectivity index (χ1n) is 3.45. The zero-order valence-corrected chi connectivity index (χ0v) is 6.34. The molecule has 2 atom stereocenters. The van der Waals surface area contributed by atoms with Crippen LogP contribution in [0.15, 0.2) is 11.6 Å². The Balaban J connectivity index is 2.14. The Kier molecular flexibility index (Phi) is 1.47. The van der Waals surface area contributed by atoms with Crippen molar-refractivity contribution in [2.45, 2.75) is 24.9 Å². The van der Waals surface area contributed by atoms with Gasteiger partial charge in [-0.15, -0.1) is 0 Å². The Bertz CT molecular complexity index is 209. The molecular formula is C7H9NOS.